The molecule has 1 aliphatic carbocycles. The van der Waals surface area contributed by atoms with E-state index < -0.39 is 6.04 Å². The second-order valence-corrected chi connectivity index (χ2v) is 3.34. The van der Waals surface area contributed by atoms with Crippen molar-refractivity contribution >= 4 is 12.2 Å². The Morgan fingerprint density at radius 1 is 1.77 bits per heavy atom. The number of rotatable bonds is 4. The van der Waals surface area contributed by atoms with Crippen LogP contribution in [0.3, 0.4) is 0 Å². The summed E-state index contributed by atoms with van der Waals surface area (Å²) in [5.74, 6) is -0.0796. The largest absolute Gasteiger partial charge is 0.346 e. The van der Waals surface area contributed by atoms with Gasteiger partial charge in [-0.05, 0) is 26.2 Å². The molecular formula is C10H14NO2. The van der Waals surface area contributed by atoms with E-state index in [1.54, 1.807) is 13.2 Å². The molecule has 0 saturated heterocycles. The van der Waals surface area contributed by atoms with Gasteiger partial charge in [-0.1, -0.05) is 11.6 Å². The fourth-order valence-electron chi connectivity index (χ4n) is 1.43. The van der Waals surface area contributed by atoms with Crippen molar-refractivity contribution in [3.63, 3.8) is 0 Å². The van der Waals surface area contributed by atoms with Crippen LogP contribution in [0.4, 0.5) is 0 Å². The lowest BCUT2D eigenvalue weighted by Gasteiger charge is -2.06. The molecule has 0 fully saturated rings. The number of allylic oxidation sites excluding steroid dienone is 1. The second-order valence-electron chi connectivity index (χ2n) is 3.34. The molecule has 1 aliphatic rings. The van der Waals surface area contributed by atoms with E-state index in [-0.39, 0.29) is 5.91 Å². The van der Waals surface area contributed by atoms with E-state index in [1.165, 1.54) is 5.57 Å². The first-order valence-electron chi connectivity index (χ1n) is 4.57. The van der Waals surface area contributed by atoms with Crippen molar-refractivity contribution in [2.45, 2.75) is 38.6 Å². The molecule has 0 aromatic rings. The minimum Gasteiger partial charge on any atom is -0.346 e. The van der Waals surface area contributed by atoms with Crippen LogP contribution in [0.2, 0.25) is 0 Å². The van der Waals surface area contributed by atoms with Crippen LogP contribution < -0.4 is 5.32 Å². The maximum atomic E-state index is 11.2. The van der Waals surface area contributed by atoms with E-state index in [0.717, 1.165) is 19.3 Å². The summed E-state index contributed by atoms with van der Waals surface area (Å²) in [7, 11) is 0. The lowest BCUT2D eigenvalue weighted by Crippen LogP contribution is -2.33. The van der Waals surface area contributed by atoms with E-state index >= 15 is 0 Å². The number of carbonyl (C=O) groups excluding carboxylic acids is 2. The molecule has 1 radical (unpaired) electrons. The topological polar surface area (TPSA) is 46.2 Å². The Bertz CT molecular complexity index is 233. The maximum Gasteiger partial charge on any atom is 0.224 e. The van der Waals surface area contributed by atoms with Gasteiger partial charge in [-0.15, -0.1) is 0 Å². The summed E-state index contributed by atoms with van der Waals surface area (Å²) in [5.41, 5.74) is 1.19. The maximum absolute atomic E-state index is 11.2. The lowest BCUT2D eigenvalue weighted by molar-refractivity contribution is -0.120. The molecule has 0 unspecified atom stereocenters. The SMILES string of the molecule is C[C@@H]([C]=O)NC(=O)CC1=CCCC1. The first kappa shape index (κ1) is 9.96. The zero-order chi connectivity index (χ0) is 9.68. The summed E-state index contributed by atoms with van der Waals surface area (Å²) in [6.45, 7) is 1.62. The molecule has 3 heteroatoms. The molecule has 0 aliphatic heterocycles. The molecule has 0 bridgehead atoms. The Labute approximate surface area is 78.2 Å². The third-order valence-corrected chi connectivity index (χ3v) is 2.08. The van der Waals surface area contributed by atoms with Gasteiger partial charge in [0.15, 0.2) is 0 Å². The van der Waals surface area contributed by atoms with Crippen molar-refractivity contribution in [1.82, 2.24) is 5.32 Å². The smallest absolute Gasteiger partial charge is 0.224 e. The van der Waals surface area contributed by atoms with Crippen molar-refractivity contribution in [3.05, 3.63) is 11.6 Å². The highest BCUT2D eigenvalue weighted by Crippen LogP contribution is 2.20. The van der Waals surface area contributed by atoms with Crippen LogP contribution in [0.25, 0.3) is 0 Å². The summed E-state index contributed by atoms with van der Waals surface area (Å²) < 4.78 is 0. The monoisotopic (exact) mass is 180 g/mol. The summed E-state index contributed by atoms with van der Waals surface area (Å²) in [6, 6.07) is -0.491. The summed E-state index contributed by atoms with van der Waals surface area (Å²) in [4.78, 5) is 21.4. The van der Waals surface area contributed by atoms with Gasteiger partial charge in [-0.25, -0.2) is 0 Å². The highest BCUT2D eigenvalue weighted by molar-refractivity contribution is 5.81. The van der Waals surface area contributed by atoms with Crippen molar-refractivity contribution in [3.8, 4) is 0 Å². The molecule has 1 atom stereocenters. The minimum atomic E-state index is -0.491. The van der Waals surface area contributed by atoms with Crippen LogP contribution in [0.15, 0.2) is 11.6 Å². The second kappa shape index (κ2) is 4.80. The zero-order valence-corrected chi connectivity index (χ0v) is 7.80. The Morgan fingerprint density at radius 2 is 2.54 bits per heavy atom. The molecule has 0 aromatic carbocycles. The van der Waals surface area contributed by atoms with Crippen LogP contribution in [-0.4, -0.2) is 18.2 Å². The number of amides is 1. The van der Waals surface area contributed by atoms with Gasteiger partial charge in [-0.3, -0.25) is 9.59 Å². The fourth-order valence-corrected chi connectivity index (χ4v) is 1.43. The van der Waals surface area contributed by atoms with Gasteiger partial charge in [0.1, 0.15) is 0 Å². The van der Waals surface area contributed by atoms with Crippen molar-refractivity contribution in [2.75, 3.05) is 0 Å². The predicted octanol–water partition coefficient (Wildman–Crippen LogP) is 1.10. The number of hydrogen-bond acceptors (Lipinski definition) is 2. The number of carbonyl (C=O) groups is 1. The molecule has 13 heavy (non-hydrogen) atoms. The quantitative estimate of drug-likeness (QED) is 0.658. The van der Waals surface area contributed by atoms with Gasteiger partial charge >= 0.3 is 0 Å². The van der Waals surface area contributed by atoms with Crippen LogP contribution in [-0.2, 0) is 9.59 Å². The molecule has 0 spiro atoms. The molecule has 0 aromatic heterocycles. The summed E-state index contributed by atoms with van der Waals surface area (Å²) >= 11 is 0. The fraction of sp³-hybridized carbons (Fsp3) is 0.600. The van der Waals surface area contributed by atoms with Gasteiger partial charge in [0, 0.05) is 6.42 Å². The number of nitrogens with one attached hydrogen (secondary N) is 1. The molecule has 0 saturated carbocycles. The van der Waals surface area contributed by atoms with Gasteiger partial charge in [0.05, 0.1) is 6.04 Å². The van der Waals surface area contributed by atoms with E-state index in [1.807, 2.05) is 0 Å². The van der Waals surface area contributed by atoms with Gasteiger partial charge in [0.2, 0.25) is 12.2 Å². The highest BCUT2D eigenvalue weighted by atomic mass is 16.2. The Hall–Kier alpha value is -1.12. The molecule has 71 valence electrons. The van der Waals surface area contributed by atoms with Gasteiger partial charge in [0.25, 0.3) is 0 Å². The first-order valence-corrected chi connectivity index (χ1v) is 4.57. The number of hydrogen-bond donors (Lipinski definition) is 1. The predicted molar refractivity (Wildman–Crippen MR) is 49.8 cm³/mol. The summed E-state index contributed by atoms with van der Waals surface area (Å²) in [6.07, 6.45) is 7.51. The van der Waals surface area contributed by atoms with Crippen LogP contribution in [0, 0.1) is 0 Å². The van der Waals surface area contributed by atoms with Crippen LogP contribution in [0.5, 0.6) is 0 Å². The standard InChI is InChI=1S/C10H14NO2/c1-8(7-12)11-10(13)6-9-4-2-3-5-9/h4,8H,2-3,5-6H2,1H3,(H,11,13)/t8-/m0/s1. The average Bonchev–Trinajstić information content (AvgIpc) is 2.56. The normalized spacial score (nSPS) is 17.8. The highest BCUT2D eigenvalue weighted by Gasteiger charge is 2.11. The molecular weight excluding hydrogens is 166 g/mol. The lowest BCUT2D eigenvalue weighted by atomic mass is 10.1. The average molecular weight is 180 g/mol. The first-order chi connectivity index (χ1) is 6.22. The molecule has 0 heterocycles. The Morgan fingerprint density at radius 3 is 3.08 bits per heavy atom. The van der Waals surface area contributed by atoms with Gasteiger partial charge < -0.3 is 5.32 Å². The third-order valence-electron chi connectivity index (χ3n) is 2.08. The van der Waals surface area contributed by atoms with Gasteiger partial charge in [-0.2, -0.15) is 0 Å². The van der Waals surface area contributed by atoms with Crippen LogP contribution in [0.1, 0.15) is 32.6 Å². The third kappa shape index (κ3) is 3.40. The van der Waals surface area contributed by atoms with Crippen molar-refractivity contribution in [1.29, 1.82) is 0 Å². The van der Waals surface area contributed by atoms with E-state index in [0.29, 0.717) is 6.42 Å². The van der Waals surface area contributed by atoms with E-state index in [4.69, 9.17) is 0 Å². The van der Waals surface area contributed by atoms with Crippen molar-refractivity contribution in [2.24, 2.45) is 0 Å². The van der Waals surface area contributed by atoms with E-state index in [9.17, 15) is 9.59 Å². The van der Waals surface area contributed by atoms with Crippen LogP contribution >= 0.6 is 0 Å². The molecule has 1 N–H and O–H groups in total. The Balaban J connectivity index is 2.28. The molecule has 1 amide bonds. The Kier molecular flexibility index (Phi) is 3.68. The molecule has 1 rings (SSSR count). The zero-order valence-electron chi connectivity index (χ0n) is 7.80. The molecule has 3 nitrogen and oxygen atoms in total. The minimum absolute atomic E-state index is 0.0796. The van der Waals surface area contributed by atoms with E-state index in [2.05, 4.69) is 11.4 Å². The van der Waals surface area contributed by atoms with Crippen molar-refractivity contribution < 1.29 is 9.59 Å². The summed E-state index contributed by atoms with van der Waals surface area (Å²) in [5, 5.41) is 2.55.